The number of benzene rings is 2. The lowest BCUT2D eigenvalue weighted by Crippen LogP contribution is -2.49. The van der Waals surface area contributed by atoms with Crippen molar-refractivity contribution in [2.45, 2.75) is 75.0 Å². The largest absolute Gasteiger partial charge is 0.489 e. The second kappa shape index (κ2) is 15.6. The molecule has 0 radical (unpaired) electrons. The number of carbonyl (C=O) groups excluding carboxylic acids is 4. The van der Waals surface area contributed by atoms with E-state index in [4.69, 9.17) is 9.47 Å². The van der Waals surface area contributed by atoms with Gasteiger partial charge < -0.3 is 29.9 Å². The van der Waals surface area contributed by atoms with Crippen molar-refractivity contribution in [2.75, 3.05) is 37.1 Å². The fourth-order valence-electron chi connectivity index (χ4n) is 7.06. The van der Waals surface area contributed by atoms with E-state index >= 15 is 0 Å². The zero-order valence-electron chi connectivity index (χ0n) is 30.9. The number of alkyl halides is 6. The molecule has 16 nitrogen and oxygen atoms in total. The number of aromatic nitrogens is 6. The number of aryl methyl sites for hydroxylation is 2. The van der Waals surface area contributed by atoms with E-state index in [9.17, 15) is 45.5 Å². The van der Waals surface area contributed by atoms with Crippen LogP contribution in [0.25, 0.3) is 0 Å². The lowest BCUT2D eigenvalue weighted by Gasteiger charge is -2.25. The van der Waals surface area contributed by atoms with E-state index in [1.807, 2.05) is 0 Å². The third-order valence-electron chi connectivity index (χ3n) is 10.0. The summed E-state index contributed by atoms with van der Waals surface area (Å²) < 4.78 is 92.1. The number of para-hydroxylation sites is 4. The minimum atomic E-state index is -4.48. The van der Waals surface area contributed by atoms with Gasteiger partial charge in [0.15, 0.2) is 0 Å². The normalized spacial score (nSPS) is 21.7. The Morgan fingerprint density at radius 3 is 1.41 bits per heavy atom. The molecule has 2 N–H and O–H groups in total. The molecule has 4 amide bonds. The van der Waals surface area contributed by atoms with Gasteiger partial charge in [0, 0.05) is 26.9 Å². The highest BCUT2D eigenvalue weighted by Gasteiger charge is 2.46. The van der Waals surface area contributed by atoms with Gasteiger partial charge in [0.1, 0.15) is 60.5 Å². The molecule has 4 atom stereocenters. The number of nitrogens with zero attached hydrogens (tertiary/aromatic N) is 8. The predicted octanol–water partition coefficient (Wildman–Crippen LogP) is 3.74. The number of carbonyl (C=O) groups is 4. The van der Waals surface area contributed by atoms with Gasteiger partial charge in [-0.05, 0) is 49.9 Å². The molecule has 2 aromatic carbocycles. The highest BCUT2D eigenvalue weighted by Crippen LogP contribution is 2.39. The average Bonchev–Trinajstić information content (AvgIpc) is 3.80. The van der Waals surface area contributed by atoms with Gasteiger partial charge in [-0.1, -0.05) is 24.3 Å². The first-order valence-electron chi connectivity index (χ1n) is 18.2. The minimum absolute atomic E-state index is 0.108. The molecule has 2 aromatic heterocycles. The lowest BCUT2D eigenvalue weighted by molar-refractivity contribution is -0.175. The van der Waals surface area contributed by atoms with Crippen molar-refractivity contribution < 1.29 is 55.0 Å². The summed E-state index contributed by atoms with van der Waals surface area (Å²) in [6.45, 7) is -0.241. The van der Waals surface area contributed by atoms with Crippen LogP contribution in [0, 0.1) is 0 Å². The van der Waals surface area contributed by atoms with Crippen molar-refractivity contribution in [1.82, 2.24) is 40.2 Å². The van der Waals surface area contributed by atoms with Crippen LogP contribution in [0.3, 0.4) is 0 Å². The molecule has 0 bridgehead atoms. The molecular weight excluding hydrogens is 782 g/mol. The summed E-state index contributed by atoms with van der Waals surface area (Å²) in [5, 5.41) is 12.5. The van der Waals surface area contributed by atoms with Crippen LogP contribution in [0.5, 0.6) is 11.5 Å². The number of likely N-dealkylation sites (N-methyl/N-ethyl adjacent to an activating group) is 2. The first-order valence-corrected chi connectivity index (χ1v) is 18.2. The van der Waals surface area contributed by atoms with Gasteiger partial charge in [-0.3, -0.25) is 19.2 Å². The van der Waals surface area contributed by atoms with Gasteiger partial charge >= 0.3 is 12.4 Å². The van der Waals surface area contributed by atoms with E-state index in [0.717, 1.165) is 9.36 Å². The van der Waals surface area contributed by atoms with Gasteiger partial charge in [0.2, 0.25) is 11.6 Å². The molecule has 4 aliphatic heterocycles. The topological polar surface area (TPSA) is 179 Å². The van der Waals surface area contributed by atoms with E-state index in [1.54, 1.807) is 62.6 Å². The van der Waals surface area contributed by atoms with Crippen LogP contribution in [-0.4, -0.2) is 105 Å². The predicted molar refractivity (Wildman–Crippen MR) is 189 cm³/mol. The molecule has 8 rings (SSSR count). The smallest absolute Gasteiger partial charge is 0.410 e. The minimum Gasteiger partial charge on any atom is -0.489 e. The molecule has 308 valence electrons. The third-order valence-corrected chi connectivity index (χ3v) is 10.0. The maximum absolute atomic E-state index is 13.2. The zero-order chi connectivity index (χ0) is 41.5. The SMILES string of the molecule is CN1C(=O)[C@@H](NC(=O)c2nc3n(n2)[C@@H](C(F)(F)F)CCC3)COc2ccccc21.CN1C(=O)[C@@H](NC(=O)c2nc3n(n2)[C@H](C(F)(F)F)CCC3)COc2ccccc21. The summed E-state index contributed by atoms with van der Waals surface area (Å²) in [7, 11) is 3.10. The zero-order valence-corrected chi connectivity index (χ0v) is 30.9. The Kier molecular flexibility index (Phi) is 10.8. The molecule has 22 heteroatoms. The number of nitrogens with one attached hydrogen (secondary N) is 2. The summed E-state index contributed by atoms with van der Waals surface area (Å²) in [6, 6.07) is 8.17. The number of hydrogen-bond donors (Lipinski definition) is 2. The standard InChI is InChI=1S/2C18H18F3N5O3/c2*1-25-11-5-2-3-6-12(11)29-9-10(17(25)28)22-16(27)15-23-14-8-4-7-13(18(19,20)21)26(14)24-15/h2*2-3,5-6,10,13H,4,7-9H2,1H3,(H,22,27)/t10-,13+;10-,13-/m00/s1. The maximum Gasteiger partial charge on any atom is 0.410 e. The Hall–Kier alpha value is -6.22. The maximum atomic E-state index is 13.2. The van der Waals surface area contributed by atoms with Crippen LogP contribution in [-0.2, 0) is 22.4 Å². The van der Waals surface area contributed by atoms with E-state index in [1.165, 1.54) is 9.80 Å². The molecule has 58 heavy (non-hydrogen) atoms. The monoisotopic (exact) mass is 818 g/mol. The second-order valence-electron chi connectivity index (χ2n) is 13.9. The fourth-order valence-corrected chi connectivity index (χ4v) is 7.06. The first-order chi connectivity index (χ1) is 27.5. The van der Waals surface area contributed by atoms with Crippen LogP contribution in [0.4, 0.5) is 37.7 Å². The number of halogens is 6. The summed E-state index contributed by atoms with van der Waals surface area (Å²) in [5.41, 5.74) is 1.11. The lowest BCUT2D eigenvalue weighted by atomic mass is 10.1. The quantitative estimate of drug-likeness (QED) is 0.289. The van der Waals surface area contributed by atoms with E-state index in [2.05, 4.69) is 30.8 Å². The Labute approximate surface area is 325 Å². The second-order valence-corrected chi connectivity index (χ2v) is 13.9. The summed E-state index contributed by atoms with van der Waals surface area (Å²) in [6.07, 6.45) is -7.96. The van der Waals surface area contributed by atoms with E-state index in [0.29, 0.717) is 48.6 Å². The summed E-state index contributed by atoms with van der Waals surface area (Å²) >= 11 is 0. The molecule has 0 unspecified atom stereocenters. The number of anilines is 2. The number of ether oxygens (including phenoxy) is 2. The molecule has 4 aromatic rings. The average molecular weight is 819 g/mol. The van der Waals surface area contributed by atoms with Crippen LogP contribution < -0.4 is 29.9 Å². The van der Waals surface area contributed by atoms with Crippen molar-refractivity contribution in [3.63, 3.8) is 0 Å². The number of rotatable bonds is 4. The molecular formula is C36H36F6N10O6. The van der Waals surface area contributed by atoms with Crippen LogP contribution in [0.15, 0.2) is 48.5 Å². The van der Waals surface area contributed by atoms with Crippen molar-refractivity contribution in [1.29, 1.82) is 0 Å². The highest BCUT2D eigenvalue weighted by atomic mass is 19.4. The van der Waals surface area contributed by atoms with Crippen LogP contribution in [0.1, 0.15) is 70.7 Å². The molecule has 4 aliphatic rings. The number of amides is 4. The molecule has 0 aliphatic carbocycles. The summed E-state index contributed by atoms with van der Waals surface area (Å²) in [5.74, 6) is -2.08. The number of fused-ring (bicyclic) bond motifs is 4. The van der Waals surface area contributed by atoms with Gasteiger partial charge in [-0.15, -0.1) is 10.2 Å². The van der Waals surface area contributed by atoms with Crippen molar-refractivity contribution >= 4 is 35.0 Å². The Bertz CT molecular complexity index is 2070. The van der Waals surface area contributed by atoms with Crippen molar-refractivity contribution in [3.05, 3.63) is 71.8 Å². The van der Waals surface area contributed by atoms with Gasteiger partial charge in [0.05, 0.1) is 11.4 Å². The first kappa shape index (κ1) is 40.0. The van der Waals surface area contributed by atoms with E-state index in [-0.39, 0.29) is 37.7 Å². The Morgan fingerprint density at radius 2 is 1.03 bits per heavy atom. The van der Waals surface area contributed by atoms with Gasteiger partial charge in [-0.25, -0.2) is 19.3 Å². The van der Waals surface area contributed by atoms with Gasteiger partial charge in [0.25, 0.3) is 23.6 Å². The van der Waals surface area contributed by atoms with Crippen LogP contribution >= 0.6 is 0 Å². The number of hydrogen-bond acceptors (Lipinski definition) is 10. The highest BCUT2D eigenvalue weighted by molar-refractivity contribution is 6.03. The molecule has 6 heterocycles. The van der Waals surface area contributed by atoms with Crippen LogP contribution in [0.2, 0.25) is 0 Å². The van der Waals surface area contributed by atoms with E-state index < -0.39 is 71.8 Å². The third kappa shape index (κ3) is 7.99. The Morgan fingerprint density at radius 1 is 0.655 bits per heavy atom. The summed E-state index contributed by atoms with van der Waals surface area (Å²) in [4.78, 5) is 61.2. The van der Waals surface area contributed by atoms with Gasteiger partial charge in [-0.2, -0.15) is 26.3 Å². The Balaban J connectivity index is 0.000000177. The van der Waals surface area contributed by atoms with Crippen molar-refractivity contribution in [3.8, 4) is 11.5 Å². The molecule has 0 saturated carbocycles. The molecule has 0 fully saturated rings. The molecule has 0 spiro atoms. The fraction of sp³-hybridized carbons (Fsp3) is 0.444. The van der Waals surface area contributed by atoms with Crippen molar-refractivity contribution in [2.24, 2.45) is 0 Å². The molecule has 0 saturated heterocycles.